The summed E-state index contributed by atoms with van der Waals surface area (Å²) in [7, 11) is -7.20. The average Bonchev–Trinajstić information content (AvgIpc) is 3.10. The molecule has 0 aliphatic heterocycles. The number of halogens is 1. The molecule has 2 aromatic rings. The van der Waals surface area contributed by atoms with E-state index in [1.54, 1.807) is 12.1 Å². The van der Waals surface area contributed by atoms with Gasteiger partial charge in [0.25, 0.3) is 10.0 Å². The summed E-state index contributed by atoms with van der Waals surface area (Å²) < 4.78 is 52.3. The van der Waals surface area contributed by atoms with Crippen LogP contribution in [0.2, 0.25) is 5.02 Å². The van der Waals surface area contributed by atoms with Crippen molar-refractivity contribution in [2.45, 2.75) is 40.7 Å². The lowest BCUT2D eigenvalue weighted by molar-refractivity contribution is 0.579. The van der Waals surface area contributed by atoms with Gasteiger partial charge in [0, 0.05) is 5.69 Å². The monoisotopic (exact) mass is 399 g/mol. The first-order chi connectivity index (χ1) is 11.8. The van der Waals surface area contributed by atoms with Crippen molar-refractivity contribution in [2.75, 3.05) is 4.72 Å². The van der Waals surface area contributed by atoms with Gasteiger partial charge in [-0.1, -0.05) is 36.6 Å². The second kappa shape index (κ2) is 6.97. The lowest BCUT2D eigenvalue weighted by atomic mass is 10.3. The zero-order valence-corrected chi connectivity index (χ0v) is 15.7. The maximum Gasteiger partial charge on any atom is 0.263 e. The van der Waals surface area contributed by atoms with Crippen molar-refractivity contribution in [1.29, 1.82) is 0 Å². The molecule has 0 aromatic heterocycles. The lowest BCUT2D eigenvalue weighted by Gasteiger charge is -2.13. The van der Waals surface area contributed by atoms with E-state index in [-0.39, 0.29) is 25.8 Å². The minimum absolute atomic E-state index is 0.0284. The molecule has 2 aromatic carbocycles. The summed E-state index contributed by atoms with van der Waals surface area (Å²) in [5.74, 6) is 0. The maximum absolute atomic E-state index is 12.5. The standard InChI is InChI=1S/C17H18ClNO4S2/c18-16-7-3-4-8-17(16)25(22,23)19-13-9-11-15(12-10-13)24(20,21)14-5-1-2-6-14/h3-4,7-12,14,19H,1-2,5-6H2. The summed E-state index contributed by atoms with van der Waals surface area (Å²) in [5.41, 5.74) is 0.283. The number of hydrogen-bond acceptors (Lipinski definition) is 4. The number of sulfone groups is 1. The number of hydrogen-bond donors (Lipinski definition) is 1. The summed E-state index contributed by atoms with van der Waals surface area (Å²) >= 11 is 5.93. The molecule has 3 rings (SSSR count). The Morgan fingerprint density at radius 3 is 2.08 bits per heavy atom. The van der Waals surface area contributed by atoms with E-state index in [1.807, 2.05) is 0 Å². The van der Waals surface area contributed by atoms with E-state index in [0.29, 0.717) is 12.8 Å². The third-order valence-electron chi connectivity index (χ3n) is 4.30. The van der Waals surface area contributed by atoms with Crippen LogP contribution in [0.3, 0.4) is 0 Å². The maximum atomic E-state index is 12.5. The highest BCUT2D eigenvalue weighted by molar-refractivity contribution is 7.93. The van der Waals surface area contributed by atoms with Gasteiger partial charge in [-0.25, -0.2) is 16.8 Å². The third kappa shape index (κ3) is 3.83. The van der Waals surface area contributed by atoms with E-state index in [1.165, 1.54) is 36.4 Å². The van der Waals surface area contributed by atoms with Crippen molar-refractivity contribution in [3.8, 4) is 0 Å². The largest absolute Gasteiger partial charge is 0.280 e. The summed E-state index contributed by atoms with van der Waals surface area (Å²) in [5, 5.41) is -0.214. The van der Waals surface area contributed by atoms with Crippen molar-refractivity contribution in [2.24, 2.45) is 0 Å². The molecule has 134 valence electrons. The van der Waals surface area contributed by atoms with Gasteiger partial charge >= 0.3 is 0 Å². The number of rotatable bonds is 5. The SMILES string of the molecule is O=S(=O)(Nc1ccc(S(=O)(=O)C2CCCC2)cc1)c1ccccc1Cl. The normalized spacial score (nSPS) is 16.0. The van der Waals surface area contributed by atoms with Gasteiger partial charge in [-0.15, -0.1) is 0 Å². The Hall–Kier alpha value is -1.57. The Kier molecular flexibility index (Phi) is 5.09. The third-order valence-corrected chi connectivity index (χ3v) is 8.46. The molecule has 1 aliphatic rings. The zero-order chi connectivity index (χ0) is 18.1. The Morgan fingerprint density at radius 1 is 0.880 bits per heavy atom. The summed E-state index contributed by atoms with van der Waals surface area (Å²) in [6.45, 7) is 0. The second-order valence-corrected chi connectivity index (χ2v) is 10.3. The topological polar surface area (TPSA) is 80.3 Å². The predicted octanol–water partition coefficient (Wildman–Crippen LogP) is 3.86. The minimum atomic E-state index is -3.84. The quantitative estimate of drug-likeness (QED) is 0.827. The molecule has 25 heavy (non-hydrogen) atoms. The summed E-state index contributed by atoms with van der Waals surface area (Å²) in [4.78, 5) is 0.194. The van der Waals surface area contributed by atoms with Crippen molar-refractivity contribution in [3.05, 3.63) is 53.6 Å². The average molecular weight is 400 g/mol. The zero-order valence-electron chi connectivity index (χ0n) is 13.4. The number of anilines is 1. The minimum Gasteiger partial charge on any atom is -0.280 e. The Balaban J connectivity index is 1.82. The van der Waals surface area contributed by atoms with E-state index < -0.39 is 19.9 Å². The van der Waals surface area contributed by atoms with Crippen LogP contribution in [-0.4, -0.2) is 22.1 Å². The molecule has 0 heterocycles. The molecule has 5 nitrogen and oxygen atoms in total. The van der Waals surface area contributed by atoms with Gasteiger partial charge in [0.1, 0.15) is 4.90 Å². The van der Waals surface area contributed by atoms with Gasteiger partial charge in [-0.05, 0) is 49.2 Å². The molecule has 0 atom stereocenters. The fourth-order valence-corrected chi connectivity index (χ4v) is 6.41. The Bertz CT molecular complexity index is 964. The second-order valence-electron chi connectivity index (χ2n) is 6.01. The molecule has 1 saturated carbocycles. The highest BCUT2D eigenvalue weighted by Crippen LogP contribution is 2.30. The van der Waals surface area contributed by atoms with E-state index >= 15 is 0 Å². The number of nitrogens with one attached hydrogen (secondary N) is 1. The van der Waals surface area contributed by atoms with Crippen LogP contribution in [0, 0.1) is 0 Å². The molecule has 8 heteroatoms. The van der Waals surface area contributed by atoms with E-state index in [2.05, 4.69) is 4.72 Å². The lowest BCUT2D eigenvalue weighted by Crippen LogP contribution is -2.18. The van der Waals surface area contributed by atoms with Crippen LogP contribution < -0.4 is 4.72 Å². The van der Waals surface area contributed by atoms with Gasteiger partial charge < -0.3 is 0 Å². The molecular weight excluding hydrogens is 382 g/mol. The van der Waals surface area contributed by atoms with Crippen LogP contribution in [0.4, 0.5) is 5.69 Å². The van der Waals surface area contributed by atoms with Crippen LogP contribution in [-0.2, 0) is 19.9 Å². The first-order valence-electron chi connectivity index (χ1n) is 7.92. The molecule has 0 bridgehead atoms. The molecule has 0 radical (unpaired) electrons. The van der Waals surface area contributed by atoms with Crippen molar-refractivity contribution < 1.29 is 16.8 Å². The highest BCUT2D eigenvalue weighted by atomic mass is 35.5. The Labute approximate surface area is 153 Å². The predicted molar refractivity (Wildman–Crippen MR) is 98.1 cm³/mol. The fraction of sp³-hybridized carbons (Fsp3) is 0.294. The first-order valence-corrected chi connectivity index (χ1v) is 11.3. The molecule has 0 spiro atoms. The summed E-state index contributed by atoms with van der Waals surface area (Å²) in [6, 6.07) is 11.9. The van der Waals surface area contributed by atoms with E-state index in [0.717, 1.165) is 12.8 Å². The molecule has 1 N–H and O–H groups in total. The smallest absolute Gasteiger partial charge is 0.263 e. The van der Waals surface area contributed by atoms with Crippen molar-refractivity contribution in [3.63, 3.8) is 0 Å². The van der Waals surface area contributed by atoms with Crippen molar-refractivity contribution in [1.82, 2.24) is 0 Å². The molecule has 0 unspecified atom stereocenters. The Morgan fingerprint density at radius 2 is 1.48 bits per heavy atom. The van der Waals surface area contributed by atoms with E-state index in [9.17, 15) is 16.8 Å². The van der Waals surface area contributed by atoms with Gasteiger partial charge in [-0.3, -0.25) is 4.72 Å². The van der Waals surface area contributed by atoms with Crippen LogP contribution in [0.15, 0.2) is 58.3 Å². The van der Waals surface area contributed by atoms with E-state index in [4.69, 9.17) is 11.6 Å². The first kappa shape index (κ1) is 18.2. The molecule has 1 fully saturated rings. The van der Waals surface area contributed by atoms with Crippen LogP contribution in [0.1, 0.15) is 25.7 Å². The van der Waals surface area contributed by atoms with Gasteiger partial charge in [-0.2, -0.15) is 0 Å². The van der Waals surface area contributed by atoms with Gasteiger partial charge in [0.05, 0.1) is 15.2 Å². The fourth-order valence-electron chi connectivity index (χ4n) is 2.98. The van der Waals surface area contributed by atoms with Gasteiger partial charge in [0.15, 0.2) is 9.84 Å². The van der Waals surface area contributed by atoms with Crippen LogP contribution >= 0.6 is 11.6 Å². The highest BCUT2D eigenvalue weighted by Gasteiger charge is 2.30. The van der Waals surface area contributed by atoms with Gasteiger partial charge in [0.2, 0.25) is 0 Å². The molecule has 0 saturated heterocycles. The molecule has 0 amide bonds. The van der Waals surface area contributed by atoms with Crippen LogP contribution in [0.25, 0.3) is 0 Å². The van der Waals surface area contributed by atoms with Crippen LogP contribution in [0.5, 0.6) is 0 Å². The summed E-state index contributed by atoms with van der Waals surface area (Å²) in [6.07, 6.45) is 3.23. The number of sulfonamides is 1. The number of benzene rings is 2. The molecular formula is C17H18ClNO4S2. The molecule has 1 aliphatic carbocycles. The van der Waals surface area contributed by atoms with Crippen molar-refractivity contribution >= 4 is 37.1 Å².